The molecule has 2 rings (SSSR count). The van der Waals surface area contributed by atoms with Gasteiger partial charge in [0.1, 0.15) is 6.61 Å². The number of nitrogens with zero attached hydrogens (tertiary/aromatic N) is 1. The van der Waals surface area contributed by atoms with Gasteiger partial charge >= 0.3 is 0 Å². The minimum Gasteiger partial charge on any atom is -0.475 e. The SMILES string of the molecule is CCC1(CC)COC(c2ccc(Br)cc2)=N1. The molecule has 16 heavy (non-hydrogen) atoms. The van der Waals surface area contributed by atoms with Crippen LogP contribution in [0.5, 0.6) is 0 Å². The molecule has 0 atom stereocenters. The minimum absolute atomic E-state index is 0.00239. The maximum atomic E-state index is 5.71. The first kappa shape index (κ1) is 11.6. The van der Waals surface area contributed by atoms with Crippen molar-refractivity contribution in [2.24, 2.45) is 4.99 Å². The molecule has 86 valence electrons. The summed E-state index contributed by atoms with van der Waals surface area (Å²) in [5.41, 5.74) is 1.06. The Bertz CT molecular complexity index is 393. The van der Waals surface area contributed by atoms with Gasteiger partial charge in [-0.15, -0.1) is 0 Å². The zero-order chi connectivity index (χ0) is 11.6. The number of ether oxygens (including phenoxy) is 1. The third kappa shape index (κ3) is 2.14. The molecule has 0 unspecified atom stereocenters. The van der Waals surface area contributed by atoms with Crippen LogP contribution in [0, 0.1) is 0 Å². The van der Waals surface area contributed by atoms with Gasteiger partial charge in [0.2, 0.25) is 5.90 Å². The lowest BCUT2D eigenvalue weighted by Gasteiger charge is -2.18. The first-order valence-corrected chi connectivity index (χ1v) is 6.47. The first-order valence-electron chi connectivity index (χ1n) is 5.68. The van der Waals surface area contributed by atoms with E-state index in [1.807, 2.05) is 24.3 Å². The summed E-state index contributed by atoms with van der Waals surface area (Å²) in [6.07, 6.45) is 2.06. The topological polar surface area (TPSA) is 21.6 Å². The lowest BCUT2D eigenvalue weighted by molar-refractivity contribution is 0.244. The fourth-order valence-corrected chi connectivity index (χ4v) is 2.10. The summed E-state index contributed by atoms with van der Waals surface area (Å²) in [6.45, 7) is 5.05. The van der Waals surface area contributed by atoms with E-state index in [0.717, 1.165) is 28.8 Å². The Labute approximate surface area is 105 Å². The number of aliphatic imine (C=N–C) groups is 1. The number of hydrogen-bond acceptors (Lipinski definition) is 2. The number of hydrogen-bond donors (Lipinski definition) is 0. The Balaban J connectivity index is 2.27. The molecule has 1 aromatic rings. The van der Waals surface area contributed by atoms with Gasteiger partial charge in [-0.3, -0.25) is 0 Å². The molecule has 3 heteroatoms. The molecule has 0 bridgehead atoms. The van der Waals surface area contributed by atoms with Crippen LogP contribution in [-0.4, -0.2) is 18.0 Å². The van der Waals surface area contributed by atoms with Crippen molar-refractivity contribution in [2.75, 3.05) is 6.61 Å². The molecule has 1 aliphatic heterocycles. The lowest BCUT2D eigenvalue weighted by Crippen LogP contribution is -2.25. The van der Waals surface area contributed by atoms with E-state index in [-0.39, 0.29) is 5.54 Å². The van der Waals surface area contributed by atoms with E-state index >= 15 is 0 Å². The van der Waals surface area contributed by atoms with Crippen LogP contribution in [0.4, 0.5) is 0 Å². The molecular weight excluding hydrogens is 266 g/mol. The van der Waals surface area contributed by atoms with Crippen LogP contribution < -0.4 is 0 Å². The first-order chi connectivity index (χ1) is 7.69. The van der Waals surface area contributed by atoms with Gasteiger partial charge in [0.15, 0.2) is 0 Å². The largest absolute Gasteiger partial charge is 0.475 e. The van der Waals surface area contributed by atoms with Crippen LogP contribution in [-0.2, 0) is 4.74 Å². The normalized spacial score (nSPS) is 18.1. The van der Waals surface area contributed by atoms with Crippen molar-refractivity contribution in [3.05, 3.63) is 34.3 Å². The molecule has 0 N–H and O–H groups in total. The molecule has 0 radical (unpaired) electrons. The molecule has 0 saturated carbocycles. The van der Waals surface area contributed by atoms with Crippen molar-refractivity contribution in [2.45, 2.75) is 32.2 Å². The van der Waals surface area contributed by atoms with Crippen molar-refractivity contribution in [1.82, 2.24) is 0 Å². The lowest BCUT2D eigenvalue weighted by atomic mass is 9.96. The predicted octanol–water partition coefficient (Wildman–Crippen LogP) is 3.78. The van der Waals surface area contributed by atoms with Crippen LogP contribution in [0.1, 0.15) is 32.3 Å². The van der Waals surface area contributed by atoms with Gasteiger partial charge in [0.05, 0.1) is 5.54 Å². The van der Waals surface area contributed by atoms with Gasteiger partial charge in [0, 0.05) is 10.0 Å². The molecule has 0 aliphatic carbocycles. The van der Waals surface area contributed by atoms with Crippen molar-refractivity contribution in [3.8, 4) is 0 Å². The summed E-state index contributed by atoms with van der Waals surface area (Å²) in [5.74, 6) is 0.788. The quantitative estimate of drug-likeness (QED) is 0.826. The van der Waals surface area contributed by atoms with Gasteiger partial charge in [-0.25, -0.2) is 4.99 Å². The summed E-state index contributed by atoms with van der Waals surface area (Å²) in [5, 5.41) is 0. The Kier molecular flexibility index (Phi) is 3.33. The van der Waals surface area contributed by atoms with Crippen LogP contribution in [0.3, 0.4) is 0 Å². The van der Waals surface area contributed by atoms with Crippen molar-refractivity contribution >= 4 is 21.8 Å². The highest BCUT2D eigenvalue weighted by Gasteiger charge is 2.33. The predicted molar refractivity (Wildman–Crippen MR) is 69.9 cm³/mol. The average molecular weight is 282 g/mol. The Morgan fingerprint density at radius 3 is 2.38 bits per heavy atom. The Morgan fingerprint density at radius 1 is 1.25 bits per heavy atom. The smallest absolute Gasteiger partial charge is 0.216 e. The molecule has 0 spiro atoms. The van der Waals surface area contributed by atoms with E-state index in [9.17, 15) is 0 Å². The van der Waals surface area contributed by atoms with Gasteiger partial charge in [-0.1, -0.05) is 29.8 Å². The van der Waals surface area contributed by atoms with E-state index in [4.69, 9.17) is 9.73 Å². The highest BCUT2D eigenvalue weighted by atomic mass is 79.9. The number of halogens is 1. The third-order valence-electron chi connectivity index (χ3n) is 3.22. The molecule has 0 fully saturated rings. The van der Waals surface area contributed by atoms with Crippen LogP contribution in [0.2, 0.25) is 0 Å². The van der Waals surface area contributed by atoms with Crippen LogP contribution >= 0.6 is 15.9 Å². The van der Waals surface area contributed by atoms with Crippen molar-refractivity contribution in [3.63, 3.8) is 0 Å². The Morgan fingerprint density at radius 2 is 1.88 bits per heavy atom. The van der Waals surface area contributed by atoms with Crippen LogP contribution in [0.25, 0.3) is 0 Å². The summed E-state index contributed by atoms with van der Waals surface area (Å²) in [6, 6.07) is 8.09. The van der Waals surface area contributed by atoms with E-state index in [1.165, 1.54) is 0 Å². The molecule has 0 aromatic heterocycles. The van der Waals surface area contributed by atoms with Gasteiger partial charge in [-0.2, -0.15) is 0 Å². The monoisotopic (exact) mass is 281 g/mol. The fourth-order valence-electron chi connectivity index (χ4n) is 1.84. The summed E-state index contributed by atoms with van der Waals surface area (Å²) in [7, 11) is 0. The average Bonchev–Trinajstić information content (AvgIpc) is 2.75. The fraction of sp³-hybridized carbons (Fsp3) is 0.462. The van der Waals surface area contributed by atoms with E-state index in [2.05, 4.69) is 29.8 Å². The highest BCUT2D eigenvalue weighted by Crippen LogP contribution is 2.28. The van der Waals surface area contributed by atoms with Crippen molar-refractivity contribution < 1.29 is 4.74 Å². The van der Waals surface area contributed by atoms with Crippen molar-refractivity contribution in [1.29, 1.82) is 0 Å². The zero-order valence-electron chi connectivity index (χ0n) is 9.66. The highest BCUT2D eigenvalue weighted by molar-refractivity contribution is 9.10. The van der Waals surface area contributed by atoms with E-state index in [1.54, 1.807) is 0 Å². The second kappa shape index (κ2) is 4.58. The third-order valence-corrected chi connectivity index (χ3v) is 3.75. The maximum Gasteiger partial charge on any atom is 0.216 e. The van der Waals surface area contributed by atoms with E-state index < -0.39 is 0 Å². The maximum absolute atomic E-state index is 5.71. The second-order valence-electron chi connectivity index (χ2n) is 4.14. The summed E-state index contributed by atoms with van der Waals surface area (Å²) in [4.78, 5) is 4.74. The van der Waals surface area contributed by atoms with Gasteiger partial charge < -0.3 is 4.74 Å². The summed E-state index contributed by atoms with van der Waals surface area (Å²) < 4.78 is 6.79. The van der Waals surface area contributed by atoms with E-state index in [0.29, 0.717) is 6.61 Å². The summed E-state index contributed by atoms with van der Waals surface area (Å²) >= 11 is 3.42. The van der Waals surface area contributed by atoms with Gasteiger partial charge in [0.25, 0.3) is 0 Å². The molecular formula is C13H16BrNO. The molecule has 2 nitrogen and oxygen atoms in total. The minimum atomic E-state index is 0.00239. The van der Waals surface area contributed by atoms with Crippen LogP contribution in [0.15, 0.2) is 33.7 Å². The zero-order valence-corrected chi connectivity index (χ0v) is 11.3. The Hall–Kier alpha value is -0.830. The number of rotatable bonds is 3. The molecule has 1 aliphatic rings. The molecule has 0 amide bonds. The molecule has 1 aromatic carbocycles. The standard InChI is InChI=1S/C13H16BrNO/c1-3-13(4-2)9-16-12(15-13)10-5-7-11(14)8-6-10/h5-8H,3-4,9H2,1-2H3. The van der Waals surface area contributed by atoms with Gasteiger partial charge in [-0.05, 0) is 37.1 Å². The molecule has 0 saturated heterocycles. The molecule has 1 heterocycles. The number of benzene rings is 1. The second-order valence-corrected chi connectivity index (χ2v) is 5.06.